The van der Waals surface area contributed by atoms with Gasteiger partial charge in [-0.2, -0.15) is 0 Å². The number of nitro benzene ring substituents is 1. The number of anilines is 2. The summed E-state index contributed by atoms with van der Waals surface area (Å²) in [6.45, 7) is 0.502. The lowest BCUT2D eigenvalue weighted by Crippen LogP contribution is -2.54. The highest BCUT2D eigenvalue weighted by Gasteiger charge is 2.74. The molecule has 3 amide bonds. The summed E-state index contributed by atoms with van der Waals surface area (Å²) in [4.78, 5) is 54.7. The molecule has 4 atom stereocenters. The third-order valence-corrected chi connectivity index (χ3v) is 7.57. The van der Waals surface area contributed by atoms with E-state index in [1.165, 1.54) is 37.4 Å². The molecular formula is C23H19FN4O6. The van der Waals surface area contributed by atoms with Gasteiger partial charge in [0.2, 0.25) is 17.7 Å². The molecule has 4 heterocycles. The topological polar surface area (TPSA) is 122 Å². The predicted molar refractivity (Wildman–Crippen MR) is 116 cm³/mol. The number of amides is 3. The van der Waals surface area contributed by atoms with Crippen LogP contribution in [-0.4, -0.2) is 47.2 Å². The van der Waals surface area contributed by atoms with E-state index in [1.807, 2.05) is 4.90 Å². The Labute approximate surface area is 192 Å². The van der Waals surface area contributed by atoms with Crippen LogP contribution in [0, 0.1) is 27.8 Å². The van der Waals surface area contributed by atoms with Crippen molar-refractivity contribution in [2.45, 2.75) is 24.4 Å². The van der Waals surface area contributed by atoms with Gasteiger partial charge in [0.1, 0.15) is 17.1 Å². The Bertz CT molecular complexity index is 1310. The second-order valence-electron chi connectivity index (χ2n) is 8.94. The average Bonchev–Trinajstić information content (AvgIpc) is 3.52. The average molecular weight is 466 g/mol. The molecule has 0 radical (unpaired) electrons. The zero-order valence-corrected chi connectivity index (χ0v) is 18.0. The minimum Gasteiger partial charge on any atom is -0.494 e. The van der Waals surface area contributed by atoms with E-state index in [0.29, 0.717) is 24.2 Å². The van der Waals surface area contributed by atoms with Gasteiger partial charge >= 0.3 is 0 Å². The van der Waals surface area contributed by atoms with Crippen LogP contribution in [0.1, 0.15) is 18.4 Å². The molecule has 0 aliphatic carbocycles. The van der Waals surface area contributed by atoms with Crippen LogP contribution in [-0.2, 0) is 19.9 Å². The zero-order chi connectivity index (χ0) is 23.9. The molecular weight excluding hydrogens is 447 g/mol. The van der Waals surface area contributed by atoms with E-state index in [1.54, 1.807) is 0 Å². The Morgan fingerprint density at radius 3 is 2.71 bits per heavy atom. The van der Waals surface area contributed by atoms with Crippen LogP contribution in [0.3, 0.4) is 0 Å². The smallest absolute Gasteiger partial charge is 0.273 e. The molecule has 4 aliphatic rings. The van der Waals surface area contributed by atoms with Gasteiger partial charge in [-0.25, -0.2) is 9.29 Å². The van der Waals surface area contributed by atoms with Gasteiger partial charge in [0.05, 0.1) is 35.6 Å². The van der Waals surface area contributed by atoms with Gasteiger partial charge < -0.3 is 10.1 Å². The van der Waals surface area contributed by atoms with Crippen molar-refractivity contribution in [1.82, 2.24) is 4.90 Å². The highest BCUT2D eigenvalue weighted by atomic mass is 19.1. The lowest BCUT2D eigenvalue weighted by Gasteiger charge is -2.36. The van der Waals surface area contributed by atoms with Crippen molar-refractivity contribution >= 4 is 34.8 Å². The van der Waals surface area contributed by atoms with Crippen LogP contribution in [0.2, 0.25) is 0 Å². The summed E-state index contributed by atoms with van der Waals surface area (Å²) in [5.41, 5.74) is -0.897. The normalized spacial score (nSPS) is 29.4. The molecule has 3 saturated heterocycles. The lowest BCUT2D eigenvalue weighted by molar-refractivity contribution is -0.384. The second kappa shape index (κ2) is 6.83. The summed E-state index contributed by atoms with van der Waals surface area (Å²) < 4.78 is 19.6. The van der Waals surface area contributed by atoms with Gasteiger partial charge in [-0.15, -0.1) is 0 Å². The summed E-state index contributed by atoms with van der Waals surface area (Å²) in [5, 5.41) is 14.0. The van der Waals surface area contributed by atoms with Gasteiger partial charge in [0, 0.05) is 23.4 Å². The molecule has 4 aliphatic heterocycles. The highest BCUT2D eigenvalue weighted by Crippen LogP contribution is 2.61. The SMILES string of the molecule is COc1cc([N+](=O)[O-])ccc1N1C(=O)[C@H]2[C@@H](C1=O)[C@]1(C(=O)Nc3ccc(F)cc31)N1CCC[C@@H]21. The second-order valence-corrected chi connectivity index (χ2v) is 8.94. The maximum atomic E-state index is 14.3. The zero-order valence-electron chi connectivity index (χ0n) is 18.0. The fourth-order valence-corrected chi connectivity index (χ4v) is 6.38. The third kappa shape index (κ3) is 2.34. The van der Waals surface area contributed by atoms with E-state index in [2.05, 4.69) is 5.32 Å². The molecule has 10 nitrogen and oxygen atoms in total. The number of halogens is 1. The third-order valence-electron chi connectivity index (χ3n) is 7.57. The van der Waals surface area contributed by atoms with Crippen LogP contribution in [0.5, 0.6) is 5.75 Å². The van der Waals surface area contributed by atoms with Crippen LogP contribution in [0.4, 0.5) is 21.5 Å². The van der Waals surface area contributed by atoms with E-state index < -0.39 is 45.8 Å². The standard InChI is InChI=1S/C23H19FN4O6/c1-34-17-10-12(28(32)33)5-7-15(17)27-20(29)18-16-3-2-8-26(16)23(19(18)21(27)30)13-9-11(24)4-6-14(13)25-22(23)31/h4-7,9-10,16,18-19H,2-3,8H2,1H3,(H,25,31)/t16-,18+,19-,23+/m0/s1. The summed E-state index contributed by atoms with van der Waals surface area (Å²) in [6, 6.07) is 7.24. The van der Waals surface area contributed by atoms with Crippen molar-refractivity contribution in [1.29, 1.82) is 0 Å². The van der Waals surface area contributed by atoms with E-state index in [-0.39, 0.29) is 23.2 Å². The number of hydrogen-bond acceptors (Lipinski definition) is 7. The number of nitro groups is 1. The number of non-ortho nitro benzene ring substituents is 1. The van der Waals surface area contributed by atoms with Crippen molar-refractivity contribution in [2.24, 2.45) is 11.8 Å². The molecule has 3 fully saturated rings. The van der Waals surface area contributed by atoms with E-state index in [4.69, 9.17) is 4.74 Å². The molecule has 0 aromatic heterocycles. The number of imide groups is 1. The summed E-state index contributed by atoms with van der Waals surface area (Å²) >= 11 is 0. The van der Waals surface area contributed by atoms with Crippen LogP contribution < -0.4 is 15.0 Å². The molecule has 1 N–H and O–H groups in total. The minimum absolute atomic E-state index is 0.00415. The van der Waals surface area contributed by atoms with Gasteiger partial charge in [0.15, 0.2) is 0 Å². The van der Waals surface area contributed by atoms with Crippen molar-refractivity contribution in [3.8, 4) is 5.75 Å². The Balaban J connectivity index is 1.53. The molecule has 34 heavy (non-hydrogen) atoms. The van der Waals surface area contributed by atoms with Gasteiger partial charge in [0.25, 0.3) is 5.69 Å². The number of carbonyl (C=O) groups is 3. The Kier molecular flexibility index (Phi) is 4.16. The number of fused-ring (bicyclic) bond motifs is 7. The van der Waals surface area contributed by atoms with Crippen molar-refractivity contribution in [3.05, 3.63) is 57.9 Å². The molecule has 1 spiro atoms. The fraction of sp³-hybridized carbons (Fsp3) is 0.348. The Morgan fingerprint density at radius 1 is 1.18 bits per heavy atom. The molecule has 0 unspecified atom stereocenters. The first-order valence-electron chi connectivity index (χ1n) is 10.9. The van der Waals surface area contributed by atoms with Gasteiger partial charge in [-0.1, -0.05) is 0 Å². The number of nitrogens with one attached hydrogen (secondary N) is 1. The fourth-order valence-electron chi connectivity index (χ4n) is 6.38. The maximum absolute atomic E-state index is 14.3. The number of benzene rings is 2. The van der Waals surface area contributed by atoms with Crippen molar-refractivity contribution in [2.75, 3.05) is 23.9 Å². The van der Waals surface area contributed by atoms with Crippen LogP contribution in [0.15, 0.2) is 36.4 Å². The number of methoxy groups -OCH3 is 1. The number of rotatable bonds is 3. The summed E-state index contributed by atoms with van der Waals surface area (Å²) in [7, 11) is 1.29. The molecule has 0 bridgehead atoms. The Hall–Kier alpha value is -3.86. The first-order valence-corrected chi connectivity index (χ1v) is 10.9. The molecule has 174 valence electrons. The van der Waals surface area contributed by atoms with E-state index in [9.17, 15) is 28.9 Å². The van der Waals surface area contributed by atoms with Gasteiger partial charge in [-0.3, -0.25) is 29.4 Å². The van der Waals surface area contributed by atoms with E-state index >= 15 is 0 Å². The van der Waals surface area contributed by atoms with E-state index in [0.717, 1.165) is 17.4 Å². The van der Waals surface area contributed by atoms with Crippen LogP contribution in [0.25, 0.3) is 0 Å². The Morgan fingerprint density at radius 2 is 1.97 bits per heavy atom. The molecule has 2 aromatic carbocycles. The highest BCUT2D eigenvalue weighted by molar-refractivity contribution is 6.26. The van der Waals surface area contributed by atoms with Crippen molar-refractivity contribution < 1.29 is 28.4 Å². The lowest BCUT2D eigenvalue weighted by atomic mass is 9.75. The number of carbonyl (C=O) groups excluding carboxylic acids is 3. The molecule has 6 rings (SSSR count). The molecule has 2 aromatic rings. The summed E-state index contributed by atoms with van der Waals surface area (Å²) in [5.74, 6) is -3.97. The number of hydrogen-bond donors (Lipinski definition) is 1. The van der Waals surface area contributed by atoms with Gasteiger partial charge in [-0.05, 0) is 43.7 Å². The minimum atomic E-state index is -1.50. The summed E-state index contributed by atoms with van der Waals surface area (Å²) in [6.07, 6.45) is 1.35. The molecule has 0 saturated carbocycles. The quantitative estimate of drug-likeness (QED) is 0.418. The first kappa shape index (κ1) is 20.7. The van der Waals surface area contributed by atoms with Crippen LogP contribution >= 0.6 is 0 Å². The molecule has 11 heteroatoms. The maximum Gasteiger partial charge on any atom is 0.273 e. The number of nitrogens with zero attached hydrogens (tertiary/aromatic N) is 3. The first-order chi connectivity index (χ1) is 16.3. The van der Waals surface area contributed by atoms with Crippen molar-refractivity contribution in [3.63, 3.8) is 0 Å². The number of ether oxygens (including phenoxy) is 1. The largest absolute Gasteiger partial charge is 0.494 e. The monoisotopic (exact) mass is 466 g/mol. The predicted octanol–water partition coefficient (Wildman–Crippen LogP) is 2.17.